The summed E-state index contributed by atoms with van der Waals surface area (Å²) in [5.41, 5.74) is 7.43. The Kier molecular flexibility index (Phi) is 3.74. The van der Waals surface area contributed by atoms with Gasteiger partial charge in [-0.15, -0.1) is 11.8 Å². The van der Waals surface area contributed by atoms with E-state index in [4.69, 9.17) is 11.0 Å². The van der Waals surface area contributed by atoms with Crippen LogP contribution in [0.3, 0.4) is 0 Å². The molecule has 0 radical (unpaired) electrons. The summed E-state index contributed by atoms with van der Waals surface area (Å²) in [5.74, 6) is 0. The van der Waals surface area contributed by atoms with E-state index in [2.05, 4.69) is 6.07 Å². The Balaban J connectivity index is 2.10. The third-order valence-electron chi connectivity index (χ3n) is 2.99. The highest BCUT2D eigenvalue weighted by Crippen LogP contribution is 2.36. The highest BCUT2D eigenvalue weighted by atomic mass is 32.2. The number of hydrogen-bond donors (Lipinski definition) is 1. The Morgan fingerprint density at radius 2 is 2.00 bits per heavy atom. The van der Waals surface area contributed by atoms with Gasteiger partial charge < -0.3 is 5.73 Å². The summed E-state index contributed by atoms with van der Waals surface area (Å²) in [6, 6.07) is 7.69. The molecular weight excluding hydrogens is 216 g/mol. The minimum Gasteiger partial charge on any atom is -0.398 e. The maximum absolute atomic E-state index is 8.86. The first-order chi connectivity index (χ1) is 7.79. The highest BCUT2D eigenvalue weighted by molar-refractivity contribution is 8.00. The third kappa shape index (κ3) is 2.70. The molecule has 2 nitrogen and oxygen atoms in total. The van der Waals surface area contributed by atoms with Crippen molar-refractivity contribution in [3.8, 4) is 6.07 Å². The maximum atomic E-state index is 8.86. The number of nitrogen functional groups attached to an aromatic ring is 1. The number of benzene rings is 1. The van der Waals surface area contributed by atoms with Gasteiger partial charge in [0.05, 0.1) is 11.6 Å². The van der Waals surface area contributed by atoms with Crippen LogP contribution in [0.4, 0.5) is 5.69 Å². The summed E-state index contributed by atoms with van der Waals surface area (Å²) in [6.07, 6.45) is 6.58. The van der Waals surface area contributed by atoms with Gasteiger partial charge in [0.2, 0.25) is 0 Å². The summed E-state index contributed by atoms with van der Waals surface area (Å²) < 4.78 is 0. The minimum atomic E-state index is 0.685. The molecule has 0 saturated heterocycles. The molecule has 0 unspecified atom stereocenters. The van der Waals surface area contributed by atoms with Crippen molar-refractivity contribution >= 4 is 17.4 Å². The quantitative estimate of drug-likeness (QED) is 0.793. The van der Waals surface area contributed by atoms with Gasteiger partial charge in [-0.2, -0.15) is 5.26 Å². The van der Waals surface area contributed by atoms with Crippen molar-refractivity contribution in [2.24, 2.45) is 0 Å². The molecular formula is C13H16N2S. The molecule has 0 heterocycles. The van der Waals surface area contributed by atoms with Gasteiger partial charge in [0.15, 0.2) is 0 Å². The predicted octanol–water partition coefficient (Wildman–Crippen LogP) is 3.57. The molecule has 1 fully saturated rings. The third-order valence-corrected chi connectivity index (χ3v) is 4.40. The molecule has 84 valence electrons. The standard InChI is InChI=1S/C13H16N2S/c14-9-10-6-7-12(15)13(8-10)16-11-4-2-1-3-5-11/h6-8,11H,1-5,15H2. The fraction of sp³-hybridized carbons (Fsp3) is 0.462. The number of anilines is 1. The summed E-state index contributed by atoms with van der Waals surface area (Å²) in [5, 5.41) is 9.54. The molecule has 3 heteroatoms. The van der Waals surface area contributed by atoms with Crippen LogP contribution in [0, 0.1) is 11.3 Å². The van der Waals surface area contributed by atoms with Crippen LogP contribution in [-0.2, 0) is 0 Å². The Hall–Kier alpha value is -1.14. The van der Waals surface area contributed by atoms with Crippen molar-refractivity contribution in [2.45, 2.75) is 42.2 Å². The lowest BCUT2D eigenvalue weighted by Gasteiger charge is -2.21. The molecule has 1 saturated carbocycles. The molecule has 0 spiro atoms. The van der Waals surface area contributed by atoms with Crippen LogP contribution >= 0.6 is 11.8 Å². The minimum absolute atomic E-state index is 0.685. The lowest BCUT2D eigenvalue weighted by atomic mass is 10.0. The van der Waals surface area contributed by atoms with Crippen molar-refractivity contribution in [1.82, 2.24) is 0 Å². The van der Waals surface area contributed by atoms with Gasteiger partial charge in [-0.1, -0.05) is 19.3 Å². The molecule has 1 aromatic rings. The van der Waals surface area contributed by atoms with E-state index in [1.807, 2.05) is 23.9 Å². The van der Waals surface area contributed by atoms with Crippen molar-refractivity contribution < 1.29 is 0 Å². The molecule has 0 aromatic heterocycles. The molecule has 1 aliphatic carbocycles. The van der Waals surface area contributed by atoms with E-state index in [0.717, 1.165) is 10.6 Å². The monoisotopic (exact) mass is 232 g/mol. The molecule has 0 bridgehead atoms. The number of nitrogens with zero attached hydrogens (tertiary/aromatic N) is 1. The van der Waals surface area contributed by atoms with Gasteiger partial charge in [0.25, 0.3) is 0 Å². The molecule has 0 aliphatic heterocycles. The van der Waals surface area contributed by atoms with Crippen LogP contribution in [0.1, 0.15) is 37.7 Å². The fourth-order valence-electron chi connectivity index (χ4n) is 2.07. The zero-order valence-corrected chi connectivity index (χ0v) is 10.1. The fourth-order valence-corrected chi connectivity index (χ4v) is 3.40. The van der Waals surface area contributed by atoms with Crippen molar-refractivity contribution in [3.63, 3.8) is 0 Å². The average Bonchev–Trinajstić information content (AvgIpc) is 2.33. The Morgan fingerprint density at radius 3 is 2.69 bits per heavy atom. The van der Waals surface area contributed by atoms with E-state index in [0.29, 0.717) is 10.8 Å². The lowest BCUT2D eigenvalue weighted by molar-refractivity contribution is 0.516. The van der Waals surface area contributed by atoms with Crippen LogP contribution in [0.25, 0.3) is 0 Å². The van der Waals surface area contributed by atoms with Gasteiger partial charge in [0.1, 0.15) is 0 Å². The lowest BCUT2D eigenvalue weighted by Crippen LogP contribution is -2.08. The topological polar surface area (TPSA) is 49.8 Å². The second-order valence-electron chi connectivity index (χ2n) is 4.24. The van der Waals surface area contributed by atoms with E-state index in [9.17, 15) is 0 Å². The van der Waals surface area contributed by atoms with Gasteiger partial charge in [-0.3, -0.25) is 0 Å². The molecule has 16 heavy (non-hydrogen) atoms. The van der Waals surface area contributed by atoms with Gasteiger partial charge in [-0.25, -0.2) is 0 Å². The number of rotatable bonds is 2. The smallest absolute Gasteiger partial charge is 0.0992 e. The van der Waals surface area contributed by atoms with Crippen molar-refractivity contribution in [3.05, 3.63) is 23.8 Å². The summed E-state index contributed by atoms with van der Waals surface area (Å²) in [4.78, 5) is 1.07. The first kappa shape index (κ1) is 11.3. The van der Waals surface area contributed by atoms with Crippen LogP contribution in [0.2, 0.25) is 0 Å². The zero-order valence-electron chi connectivity index (χ0n) is 9.28. The molecule has 1 aromatic carbocycles. The SMILES string of the molecule is N#Cc1ccc(N)c(SC2CCCCC2)c1. The van der Waals surface area contributed by atoms with Gasteiger partial charge >= 0.3 is 0 Å². The highest BCUT2D eigenvalue weighted by Gasteiger charge is 2.15. The Bertz CT molecular complexity index is 403. The molecule has 2 rings (SSSR count). The second kappa shape index (κ2) is 5.27. The van der Waals surface area contributed by atoms with Gasteiger partial charge in [-0.05, 0) is 31.0 Å². The number of hydrogen-bond acceptors (Lipinski definition) is 3. The largest absolute Gasteiger partial charge is 0.398 e. The summed E-state index contributed by atoms with van der Waals surface area (Å²) in [6.45, 7) is 0. The van der Waals surface area contributed by atoms with Gasteiger partial charge in [0, 0.05) is 15.8 Å². The summed E-state index contributed by atoms with van der Waals surface area (Å²) in [7, 11) is 0. The maximum Gasteiger partial charge on any atom is 0.0992 e. The molecule has 2 N–H and O–H groups in total. The molecule has 1 aliphatic rings. The molecule has 0 amide bonds. The van der Waals surface area contributed by atoms with Crippen LogP contribution in [0.5, 0.6) is 0 Å². The zero-order chi connectivity index (χ0) is 11.4. The van der Waals surface area contributed by atoms with Crippen molar-refractivity contribution in [2.75, 3.05) is 5.73 Å². The van der Waals surface area contributed by atoms with E-state index in [-0.39, 0.29) is 0 Å². The normalized spacial score (nSPS) is 16.9. The predicted molar refractivity (Wildman–Crippen MR) is 68.3 cm³/mol. The van der Waals surface area contributed by atoms with E-state index in [1.54, 1.807) is 6.07 Å². The number of nitrogens with two attached hydrogens (primary N) is 1. The Labute approximate surface area is 101 Å². The first-order valence-corrected chi connectivity index (χ1v) is 6.64. The van der Waals surface area contributed by atoms with Crippen LogP contribution < -0.4 is 5.73 Å². The van der Waals surface area contributed by atoms with Crippen LogP contribution in [-0.4, -0.2) is 5.25 Å². The van der Waals surface area contributed by atoms with E-state index in [1.165, 1.54) is 32.1 Å². The average molecular weight is 232 g/mol. The molecule has 0 atom stereocenters. The van der Waals surface area contributed by atoms with Crippen molar-refractivity contribution in [1.29, 1.82) is 5.26 Å². The van der Waals surface area contributed by atoms with E-state index >= 15 is 0 Å². The first-order valence-electron chi connectivity index (χ1n) is 5.76. The number of thioether (sulfide) groups is 1. The summed E-state index contributed by atoms with van der Waals surface area (Å²) >= 11 is 1.84. The Morgan fingerprint density at radius 1 is 1.25 bits per heavy atom. The van der Waals surface area contributed by atoms with Crippen LogP contribution in [0.15, 0.2) is 23.1 Å². The van der Waals surface area contributed by atoms with E-state index < -0.39 is 0 Å². The number of nitriles is 1. The second-order valence-corrected chi connectivity index (χ2v) is 5.58.